The van der Waals surface area contributed by atoms with Crippen LogP contribution in [0, 0.1) is 11.8 Å². The molecular weight excluding hydrogens is 226 g/mol. The summed E-state index contributed by atoms with van der Waals surface area (Å²) in [6.45, 7) is 2.95. The maximum atomic E-state index is 12.1. The molecule has 4 heteroatoms. The van der Waals surface area contributed by atoms with Gasteiger partial charge in [-0.3, -0.25) is 4.79 Å². The molecular formula is C14H21N3O. The molecule has 0 bridgehead atoms. The molecule has 2 aliphatic rings. The van der Waals surface area contributed by atoms with E-state index in [2.05, 4.69) is 14.5 Å². The minimum absolute atomic E-state index is 0.357. The molecule has 0 N–H and O–H groups in total. The van der Waals surface area contributed by atoms with Crippen LogP contribution in [0.1, 0.15) is 32.1 Å². The molecule has 3 rings (SSSR count). The summed E-state index contributed by atoms with van der Waals surface area (Å²) in [5.74, 6) is 1.47. The highest BCUT2D eigenvalue weighted by atomic mass is 16.2. The van der Waals surface area contributed by atoms with E-state index >= 15 is 0 Å². The lowest BCUT2D eigenvalue weighted by atomic mass is 9.83. The third-order valence-electron chi connectivity index (χ3n) is 4.41. The van der Waals surface area contributed by atoms with Crippen LogP contribution in [-0.2, 0) is 11.3 Å². The van der Waals surface area contributed by atoms with Crippen LogP contribution in [0.2, 0.25) is 0 Å². The van der Waals surface area contributed by atoms with Crippen LogP contribution in [0.25, 0.3) is 0 Å². The van der Waals surface area contributed by atoms with Crippen molar-refractivity contribution in [3.05, 3.63) is 18.7 Å². The molecule has 0 radical (unpaired) electrons. The van der Waals surface area contributed by atoms with Crippen molar-refractivity contribution in [2.75, 3.05) is 13.1 Å². The van der Waals surface area contributed by atoms with E-state index in [4.69, 9.17) is 0 Å². The van der Waals surface area contributed by atoms with E-state index in [0.29, 0.717) is 17.7 Å². The third-order valence-corrected chi connectivity index (χ3v) is 4.41. The molecule has 1 aromatic heterocycles. The maximum absolute atomic E-state index is 12.1. The van der Waals surface area contributed by atoms with E-state index in [0.717, 1.165) is 45.3 Å². The lowest BCUT2D eigenvalue weighted by molar-refractivity contribution is -0.139. The molecule has 18 heavy (non-hydrogen) atoms. The first-order valence-electron chi connectivity index (χ1n) is 7.07. The fraction of sp³-hybridized carbons (Fsp3) is 0.714. The number of likely N-dealkylation sites (tertiary alicyclic amines) is 1. The summed E-state index contributed by atoms with van der Waals surface area (Å²) in [5.41, 5.74) is 0. The molecule has 98 valence electrons. The van der Waals surface area contributed by atoms with Gasteiger partial charge in [-0.25, -0.2) is 4.98 Å². The maximum Gasteiger partial charge on any atom is 0.225 e. The fourth-order valence-electron chi connectivity index (χ4n) is 2.94. The molecule has 4 nitrogen and oxygen atoms in total. The van der Waals surface area contributed by atoms with Crippen molar-refractivity contribution in [1.82, 2.24) is 14.5 Å². The van der Waals surface area contributed by atoms with E-state index in [-0.39, 0.29) is 0 Å². The molecule has 1 amide bonds. The molecule has 0 spiro atoms. The molecule has 1 aliphatic carbocycles. The van der Waals surface area contributed by atoms with Crippen LogP contribution in [0.3, 0.4) is 0 Å². The number of piperidine rings is 1. The standard InChI is InChI=1S/C14H21N3O/c18-14(13-2-1-3-13)17-7-4-12(5-8-17)10-16-9-6-15-11-16/h6,9,11-13H,1-5,7-8,10H2. The van der Waals surface area contributed by atoms with Crippen molar-refractivity contribution in [2.45, 2.75) is 38.6 Å². The fourth-order valence-corrected chi connectivity index (χ4v) is 2.94. The van der Waals surface area contributed by atoms with Gasteiger partial charge in [-0.15, -0.1) is 0 Å². The Balaban J connectivity index is 1.47. The summed E-state index contributed by atoms with van der Waals surface area (Å²) in [5, 5.41) is 0. The highest BCUT2D eigenvalue weighted by Gasteiger charge is 2.31. The summed E-state index contributed by atoms with van der Waals surface area (Å²) < 4.78 is 2.15. The number of imidazole rings is 1. The Kier molecular flexibility index (Phi) is 3.35. The minimum Gasteiger partial charge on any atom is -0.342 e. The van der Waals surface area contributed by atoms with Crippen molar-refractivity contribution in [2.24, 2.45) is 11.8 Å². The molecule has 0 unspecified atom stereocenters. The van der Waals surface area contributed by atoms with Crippen LogP contribution in [0.5, 0.6) is 0 Å². The Morgan fingerprint density at radius 1 is 1.22 bits per heavy atom. The molecule has 1 aliphatic heterocycles. The Bertz CT molecular complexity index is 389. The SMILES string of the molecule is O=C(C1CCC1)N1CCC(Cn2ccnc2)CC1. The van der Waals surface area contributed by atoms with Crippen molar-refractivity contribution in [3.8, 4) is 0 Å². The summed E-state index contributed by atoms with van der Waals surface area (Å²) in [6, 6.07) is 0. The average Bonchev–Trinajstić information content (AvgIpc) is 2.80. The Morgan fingerprint density at radius 3 is 2.56 bits per heavy atom. The number of nitrogens with zero attached hydrogens (tertiary/aromatic N) is 3. The number of carbonyl (C=O) groups excluding carboxylic acids is 1. The second kappa shape index (κ2) is 5.12. The van der Waals surface area contributed by atoms with Gasteiger partial charge >= 0.3 is 0 Å². The second-order valence-electron chi connectivity index (χ2n) is 5.66. The van der Waals surface area contributed by atoms with Crippen LogP contribution in [-0.4, -0.2) is 33.4 Å². The second-order valence-corrected chi connectivity index (χ2v) is 5.66. The number of rotatable bonds is 3. The zero-order valence-corrected chi connectivity index (χ0v) is 10.8. The van der Waals surface area contributed by atoms with Crippen molar-refractivity contribution >= 4 is 5.91 Å². The van der Waals surface area contributed by atoms with Crippen molar-refractivity contribution in [3.63, 3.8) is 0 Å². The quantitative estimate of drug-likeness (QED) is 0.818. The number of aromatic nitrogens is 2. The molecule has 1 saturated heterocycles. The highest BCUT2D eigenvalue weighted by Crippen LogP contribution is 2.30. The zero-order valence-electron chi connectivity index (χ0n) is 10.8. The van der Waals surface area contributed by atoms with Gasteiger partial charge in [0.25, 0.3) is 0 Å². The molecule has 0 aromatic carbocycles. The van der Waals surface area contributed by atoms with Crippen LogP contribution >= 0.6 is 0 Å². The molecule has 0 atom stereocenters. The van der Waals surface area contributed by atoms with E-state index in [9.17, 15) is 4.79 Å². The van der Waals surface area contributed by atoms with Crippen LogP contribution in [0.4, 0.5) is 0 Å². The topological polar surface area (TPSA) is 38.1 Å². The molecule has 2 heterocycles. The van der Waals surface area contributed by atoms with Gasteiger partial charge in [-0.2, -0.15) is 0 Å². The first-order chi connectivity index (χ1) is 8.83. The van der Waals surface area contributed by atoms with Gasteiger partial charge in [0.2, 0.25) is 5.91 Å². The normalized spacial score (nSPS) is 21.9. The van der Waals surface area contributed by atoms with Crippen LogP contribution in [0.15, 0.2) is 18.7 Å². The predicted molar refractivity (Wildman–Crippen MR) is 68.9 cm³/mol. The van der Waals surface area contributed by atoms with Gasteiger partial charge in [0.05, 0.1) is 6.33 Å². The van der Waals surface area contributed by atoms with Crippen LogP contribution < -0.4 is 0 Å². The highest BCUT2D eigenvalue weighted by molar-refractivity contribution is 5.79. The minimum atomic E-state index is 0.357. The number of hydrogen-bond acceptors (Lipinski definition) is 2. The van der Waals surface area contributed by atoms with E-state index < -0.39 is 0 Å². The molecule has 2 fully saturated rings. The third kappa shape index (κ3) is 2.42. The number of amides is 1. The van der Waals surface area contributed by atoms with E-state index in [1.165, 1.54) is 6.42 Å². The largest absolute Gasteiger partial charge is 0.342 e. The predicted octanol–water partition coefficient (Wildman–Crippen LogP) is 1.92. The summed E-state index contributed by atoms with van der Waals surface area (Å²) in [4.78, 5) is 18.3. The summed E-state index contributed by atoms with van der Waals surface area (Å²) in [6.07, 6.45) is 11.5. The first-order valence-corrected chi connectivity index (χ1v) is 7.07. The van der Waals surface area contributed by atoms with Gasteiger partial charge in [0.1, 0.15) is 0 Å². The Hall–Kier alpha value is -1.32. The summed E-state index contributed by atoms with van der Waals surface area (Å²) in [7, 11) is 0. The Labute approximate surface area is 108 Å². The van der Waals surface area contributed by atoms with Gasteiger partial charge in [0.15, 0.2) is 0 Å². The van der Waals surface area contributed by atoms with Gasteiger partial charge in [-0.1, -0.05) is 6.42 Å². The smallest absolute Gasteiger partial charge is 0.225 e. The average molecular weight is 247 g/mol. The molecule has 1 aromatic rings. The summed E-state index contributed by atoms with van der Waals surface area (Å²) >= 11 is 0. The van der Waals surface area contributed by atoms with Crippen molar-refractivity contribution in [1.29, 1.82) is 0 Å². The number of carbonyl (C=O) groups is 1. The molecule has 1 saturated carbocycles. The number of hydrogen-bond donors (Lipinski definition) is 0. The lowest BCUT2D eigenvalue weighted by Crippen LogP contribution is -2.44. The first kappa shape index (κ1) is 11.8. The van der Waals surface area contributed by atoms with E-state index in [1.807, 2.05) is 18.7 Å². The zero-order chi connectivity index (χ0) is 12.4. The van der Waals surface area contributed by atoms with Gasteiger partial charge in [0, 0.05) is 37.9 Å². The Morgan fingerprint density at radius 2 is 2.00 bits per heavy atom. The lowest BCUT2D eigenvalue weighted by Gasteiger charge is -2.36. The van der Waals surface area contributed by atoms with Gasteiger partial charge in [-0.05, 0) is 31.6 Å². The van der Waals surface area contributed by atoms with Gasteiger partial charge < -0.3 is 9.47 Å². The monoisotopic (exact) mass is 247 g/mol. The van der Waals surface area contributed by atoms with Crippen molar-refractivity contribution < 1.29 is 4.79 Å². The van der Waals surface area contributed by atoms with E-state index in [1.54, 1.807) is 0 Å².